The third kappa shape index (κ3) is 5.48. The Bertz CT molecular complexity index is 1050. The van der Waals surface area contributed by atoms with Crippen molar-refractivity contribution in [1.29, 1.82) is 0 Å². The second-order valence-electron chi connectivity index (χ2n) is 7.17. The Morgan fingerprint density at radius 2 is 1.80 bits per heavy atom. The van der Waals surface area contributed by atoms with Crippen molar-refractivity contribution in [1.82, 2.24) is 20.1 Å². The lowest BCUT2D eigenvalue weighted by Crippen LogP contribution is -2.28. The molecular weight excluding hydrogens is 398 g/mol. The summed E-state index contributed by atoms with van der Waals surface area (Å²) < 4.78 is 1.80. The van der Waals surface area contributed by atoms with E-state index in [-0.39, 0.29) is 23.6 Å². The van der Waals surface area contributed by atoms with Crippen LogP contribution in [0.4, 0.5) is 5.69 Å². The van der Waals surface area contributed by atoms with Gasteiger partial charge in [-0.15, -0.1) is 10.2 Å². The zero-order valence-corrected chi connectivity index (χ0v) is 18.3. The molecule has 1 aromatic heterocycles. The van der Waals surface area contributed by atoms with E-state index in [1.807, 2.05) is 70.3 Å². The maximum absolute atomic E-state index is 12.5. The summed E-state index contributed by atoms with van der Waals surface area (Å²) in [6, 6.07) is 14.7. The van der Waals surface area contributed by atoms with Gasteiger partial charge in [0.25, 0.3) is 5.91 Å². The van der Waals surface area contributed by atoms with E-state index in [0.717, 1.165) is 16.8 Å². The van der Waals surface area contributed by atoms with Crippen LogP contribution in [0.2, 0.25) is 0 Å². The highest BCUT2D eigenvalue weighted by molar-refractivity contribution is 7.99. The van der Waals surface area contributed by atoms with Crippen molar-refractivity contribution in [3.05, 3.63) is 71.0 Å². The summed E-state index contributed by atoms with van der Waals surface area (Å²) in [5, 5.41) is 14.8. The first-order valence-electron chi connectivity index (χ1n) is 9.59. The Hall–Kier alpha value is -3.13. The highest BCUT2D eigenvalue weighted by atomic mass is 32.2. The molecule has 0 saturated carbocycles. The molecule has 8 heteroatoms. The Morgan fingerprint density at radius 3 is 2.50 bits per heavy atom. The van der Waals surface area contributed by atoms with E-state index in [0.29, 0.717) is 16.5 Å². The van der Waals surface area contributed by atoms with E-state index < -0.39 is 0 Å². The fourth-order valence-electron chi connectivity index (χ4n) is 2.92. The maximum atomic E-state index is 12.5. The molecule has 30 heavy (non-hydrogen) atoms. The molecule has 7 nitrogen and oxygen atoms in total. The summed E-state index contributed by atoms with van der Waals surface area (Å²) in [6.07, 6.45) is 0. The van der Waals surface area contributed by atoms with Crippen molar-refractivity contribution in [2.24, 2.45) is 7.05 Å². The summed E-state index contributed by atoms with van der Waals surface area (Å²) in [7, 11) is 1.82. The van der Waals surface area contributed by atoms with Crippen molar-refractivity contribution in [2.75, 3.05) is 11.1 Å². The second-order valence-corrected chi connectivity index (χ2v) is 8.11. The van der Waals surface area contributed by atoms with Gasteiger partial charge in [0.1, 0.15) is 0 Å². The molecule has 2 N–H and O–H groups in total. The van der Waals surface area contributed by atoms with Gasteiger partial charge in [-0.25, -0.2) is 0 Å². The van der Waals surface area contributed by atoms with Gasteiger partial charge in [-0.05, 0) is 45.0 Å². The van der Waals surface area contributed by atoms with Crippen molar-refractivity contribution in [3.63, 3.8) is 0 Å². The van der Waals surface area contributed by atoms with Crippen LogP contribution in [0.1, 0.15) is 40.3 Å². The molecule has 156 valence electrons. The predicted molar refractivity (Wildman–Crippen MR) is 119 cm³/mol. The number of hydrogen-bond donors (Lipinski definition) is 2. The molecule has 2 aromatic carbocycles. The highest BCUT2D eigenvalue weighted by Gasteiger charge is 2.19. The lowest BCUT2D eigenvalue weighted by molar-refractivity contribution is -0.113. The molecule has 2 amide bonds. The molecule has 1 atom stereocenters. The zero-order chi connectivity index (χ0) is 21.7. The summed E-state index contributed by atoms with van der Waals surface area (Å²) in [5.74, 6) is 0.552. The average Bonchev–Trinajstić information content (AvgIpc) is 3.08. The summed E-state index contributed by atoms with van der Waals surface area (Å²) >= 11 is 1.30. The second kappa shape index (κ2) is 9.58. The Kier molecular flexibility index (Phi) is 6.89. The van der Waals surface area contributed by atoms with Crippen molar-refractivity contribution >= 4 is 29.3 Å². The van der Waals surface area contributed by atoms with Gasteiger partial charge in [-0.3, -0.25) is 9.59 Å². The average molecular weight is 424 g/mol. The zero-order valence-electron chi connectivity index (χ0n) is 17.5. The topological polar surface area (TPSA) is 88.9 Å². The monoisotopic (exact) mass is 423 g/mol. The maximum Gasteiger partial charge on any atom is 0.251 e. The molecule has 0 aliphatic carbocycles. The van der Waals surface area contributed by atoms with Crippen molar-refractivity contribution in [3.8, 4) is 0 Å². The van der Waals surface area contributed by atoms with Gasteiger partial charge in [0, 0.05) is 18.3 Å². The van der Waals surface area contributed by atoms with Crippen LogP contribution in [-0.4, -0.2) is 32.3 Å². The Balaban J connectivity index is 1.57. The van der Waals surface area contributed by atoms with Crippen LogP contribution in [-0.2, 0) is 11.8 Å². The first-order chi connectivity index (χ1) is 14.3. The third-order valence-corrected chi connectivity index (χ3v) is 5.57. The van der Waals surface area contributed by atoms with Gasteiger partial charge in [0.05, 0.1) is 11.8 Å². The molecule has 0 saturated heterocycles. The summed E-state index contributed by atoms with van der Waals surface area (Å²) in [5.41, 5.74) is 3.53. The minimum atomic E-state index is -0.328. The van der Waals surface area contributed by atoms with E-state index in [2.05, 4.69) is 20.8 Å². The number of benzene rings is 2. The number of amides is 2. The lowest BCUT2D eigenvalue weighted by atomic mass is 10.1. The third-order valence-electron chi connectivity index (χ3n) is 4.55. The van der Waals surface area contributed by atoms with Gasteiger partial charge in [-0.1, -0.05) is 47.2 Å². The van der Waals surface area contributed by atoms with Gasteiger partial charge in [-0.2, -0.15) is 0 Å². The molecule has 0 aliphatic rings. The number of aromatic nitrogens is 3. The molecule has 0 bridgehead atoms. The molecule has 0 radical (unpaired) electrons. The molecule has 0 fully saturated rings. The van der Waals surface area contributed by atoms with E-state index in [1.165, 1.54) is 11.8 Å². The molecule has 0 unspecified atom stereocenters. The van der Waals surface area contributed by atoms with Crippen LogP contribution in [0.3, 0.4) is 0 Å². The van der Waals surface area contributed by atoms with Gasteiger partial charge in [0.15, 0.2) is 11.0 Å². The van der Waals surface area contributed by atoms with E-state index in [1.54, 1.807) is 10.6 Å². The number of carbonyl (C=O) groups excluding carboxylic acids is 2. The standard InChI is InChI=1S/C22H25N5O2S/c1-14-8-10-18(11-9-14)24-19(28)13-30-22-26-25-20(27(22)4)16(3)23-21(29)17-7-5-6-15(2)12-17/h5-12,16H,13H2,1-4H3,(H,23,29)(H,24,28)/t16-/m1/s1. The largest absolute Gasteiger partial charge is 0.342 e. The van der Waals surface area contributed by atoms with Crippen LogP contribution in [0, 0.1) is 13.8 Å². The number of rotatable bonds is 7. The number of anilines is 1. The normalized spacial score (nSPS) is 11.7. The Morgan fingerprint density at radius 1 is 1.07 bits per heavy atom. The van der Waals surface area contributed by atoms with Gasteiger partial charge < -0.3 is 15.2 Å². The fraction of sp³-hybridized carbons (Fsp3) is 0.273. The molecule has 0 spiro atoms. The van der Waals surface area contributed by atoms with Crippen LogP contribution >= 0.6 is 11.8 Å². The number of aryl methyl sites for hydroxylation is 2. The van der Waals surface area contributed by atoms with Crippen LogP contribution in [0.15, 0.2) is 53.7 Å². The molecule has 1 heterocycles. The van der Waals surface area contributed by atoms with E-state index in [4.69, 9.17) is 0 Å². The Labute approximate surface area is 180 Å². The SMILES string of the molecule is Cc1ccc(NC(=O)CSc2nnc([C@@H](C)NC(=O)c3cccc(C)c3)n2C)cc1. The van der Waals surface area contributed by atoms with E-state index >= 15 is 0 Å². The van der Waals surface area contributed by atoms with Crippen LogP contribution in [0.5, 0.6) is 0 Å². The fourth-order valence-corrected chi connectivity index (χ4v) is 3.64. The highest BCUT2D eigenvalue weighted by Crippen LogP contribution is 2.20. The first-order valence-corrected chi connectivity index (χ1v) is 10.6. The number of thioether (sulfide) groups is 1. The number of hydrogen-bond acceptors (Lipinski definition) is 5. The van der Waals surface area contributed by atoms with Crippen LogP contribution < -0.4 is 10.6 Å². The van der Waals surface area contributed by atoms with Crippen molar-refractivity contribution in [2.45, 2.75) is 32.0 Å². The molecule has 0 aliphatic heterocycles. The first kappa shape index (κ1) is 21.6. The molecular formula is C22H25N5O2S. The van der Waals surface area contributed by atoms with Crippen LogP contribution in [0.25, 0.3) is 0 Å². The number of nitrogens with one attached hydrogen (secondary N) is 2. The lowest BCUT2D eigenvalue weighted by Gasteiger charge is -2.14. The minimum absolute atomic E-state index is 0.116. The summed E-state index contributed by atoms with van der Waals surface area (Å²) in [6.45, 7) is 5.80. The van der Waals surface area contributed by atoms with Crippen molar-refractivity contribution < 1.29 is 9.59 Å². The number of carbonyl (C=O) groups is 2. The van der Waals surface area contributed by atoms with E-state index in [9.17, 15) is 9.59 Å². The minimum Gasteiger partial charge on any atom is -0.342 e. The number of nitrogens with zero attached hydrogens (tertiary/aromatic N) is 3. The smallest absolute Gasteiger partial charge is 0.251 e. The van der Waals surface area contributed by atoms with Gasteiger partial charge >= 0.3 is 0 Å². The predicted octanol–water partition coefficient (Wildman–Crippen LogP) is 3.65. The van der Waals surface area contributed by atoms with Gasteiger partial charge in [0.2, 0.25) is 5.91 Å². The quantitative estimate of drug-likeness (QED) is 0.566. The molecule has 3 aromatic rings. The molecule has 3 rings (SSSR count). The summed E-state index contributed by atoms with van der Waals surface area (Å²) in [4.78, 5) is 24.7.